The van der Waals surface area contributed by atoms with Crippen LogP contribution in [-0.4, -0.2) is 38.2 Å². The van der Waals surface area contributed by atoms with Crippen LogP contribution in [0, 0.1) is 5.92 Å². The van der Waals surface area contributed by atoms with Crippen molar-refractivity contribution in [3.8, 4) is 0 Å². The van der Waals surface area contributed by atoms with E-state index in [1.807, 2.05) is 6.92 Å². The second-order valence-corrected chi connectivity index (χ2v) is 4.56. The molecule has 120 valence electrons. The first kappa shape index (κ1) is 19.1. The lowest BCUT2D eigenvalue weighted by Crippen LogP contribution is -2.19. The summed E-state index contributed by atoms with van der Waals surface area (Å²) >= 11 is 0. The van der Waals surface area contributed by atoms with E-state index in [2.05, 4.69) is 16.4 Å². The Balaban J connectivity index is 3.91. The first-order valence-corrected chi connectivity index (χ1v) is 7.11. The van der Waals surface area contributed by atoms with Crippen molar-refractivity contribution >= 4 is 17.9 Å². The van der Waals surface area contributed by atoms with Gasteiger partial charge in [-0.3, -0.25) is 0 Å². The molecule has 0 rings (SSSR count). The van der Waals surface area contributed by atoms with Gasteiger partial charge in [0.15, 0.2) is 6.61 Å². The molecule has 0 aromatic rings. The largest absolute Gasteiger partial charge is 0.466 e. The highest BCUT2D eigenvalue weighted by Crippen LogP contribution is 2.12. The maximum Gasteiger partial charge on any atom is 0.344 e. The molecule has 0 fully saturated rings. The number of carbonyl (C=O) groups is 3. The fourth-order valence-electron chi connectivity index (χ4n) is 1.53. The van der Waals surface area contributed by atoms with Gasteiger partial charge in [-0.2, -0.15) is 0 Å². The van der Waals surface area contributed by atoms with Crippen LogP contribution in [0.2, 0.25) is 0 Å². The van der Waals surface area contributed by atoms with E-state index in [4.69, 9.17) is 4.74 Å². The van der Waals surface area contributed by atoms with Crippen LogP contribution < -0.4 is 0 Å². The van der Waals surface area contributed by atoms with Crippen molar-refractivity contribution in [1.82, 2.24) is 0 Å². The molecule has 0 aliphatic heterocycles. The summed E-state index contributed by atoms with van der Waals surface area (Å²) in [6.07, 6.45) is 5.98. The van der Waals surface area contributed by atoms with Crippen molar-refractivity contribution in [2.75, 3.05) is 20.3 Å². The summed E-state index contributed by atoms with van der Waals surface area (Å²) in [6.45, 7) is 4.03. The summed E-state index contributed by atoms with van der Waals surface area (Å²) < 4.78 is 14.0. The first-order chi connectivity index (χ1) is 10.0. The molecule has 0 aliphatic rings. The summed E-state index contributed by atoms with van der Waals surface area (Å²) in [7, 11) is 1.19. The van der Waals surface area contributed by atoms with Gasteiger partial charge in [-0.15, -0.1) is 0 Å². The van der Waals surface area contributed by atoms with Crippen LogP contribution >= 0.6 is 0 Å². The Bertz CT molecular complexity index is 361. The molecule has 0 spiro atoms. The zero-order valence-corrected chi connectivity index (χ0v) is 12.9. The molecule has 0 radical (unpaired) electrons. The van der Waals surface area contributed by atoms with Gasteiger partial charge in [0.25, 0.3) is 0 Å². The second-order valence-electron chi connectivity index (χ2n) is 4.56. The van der Waals surface area contributed by atoms with Crippen LogP contribution in [0.4, 0.5) is 0 Å². The molecule has 0 aliphatic carbocycles. The van der Waals surface area contributed by atoms with Crippen LogP contribution in [0.15, 0.2) is 12.2 Å². The number of rotatable bonds is 10. The van der Waals surface area contributed by atoms with Crippen LogP contribution in [-0.2, 0) is 28.6 Å². The minimum atomic E-state index is -0.796. The van der Waals surface area contributed by atoms with E-state index < -0.39 is 24.5 Å². The predicted octanol–water partition coefficient (Wildman–Crippen LogP) is 2.02. The van der Waals surface area contributed by atoms with Gasteiger partial charge in [0.1, 0.15) is 0 Å². The molecule has 0 aromatic heterocycles. The smallest absolute Gasteiger partial charge is 0.344 e. The lowest BCUT2D eigenvalue weighted by molar-refractivity contribution is -0.157. The molecule has 6 nitrogen and oxygen atoms in total. The van der Waals surface area contributed by atoms with Crippen molar-refractivity contribution < 1.29 is 28.6 Å². The second kappa shape index (κ2) is 11.9. The van der Waals surface area contributed by atoms with Crippen LogP contribution in [0.3, 0.4) is 0 Å². The highest BCUT2D eigenvalue weighted by atomic mass is 16.6. The Morgan fingerprint density at radius 2 is 1.71 bits per heavy atom. The SMILES string of the molecule is CCCCC(CC)COC(=O)COC(=O)/C=C/C(=O)OC. The third kappa shape index (κ3) is 10.6. The van der Waals surface area contributed by atoms with Gasteiger partial charge < -0.3 is 14.2 Å². The predicted molar refractivity (Wildman–Crippen MR) is 76.4 cm³/mol. The first-order valence-electron chi connectivity index (χ1n) is 7.11. The van der Waals surface area contributed by atoms with Crippen LogP contribution in [0.1, 0.15) is 39.5 Å². The number of methoxy groups -OCH3 is 1. The zero-order chi connectivity index (χ0) is 16.1. The Kier molecular flexibility index (Phi) is 10.9. The molecule has 0 heterocycles. The van der Waals surface area contributed by atoms with E-state index in [0.29, 0.717) is 12.5 Å². The Morgan fingerprint density at radius 3 is 2.29 bits per heavy atom. The number of carbonyl (C=O) groups excluding carboxylic acids is 3. The normalized spacial score (nSPS) is 12.0. The number of esters is 3. The summed E-state index contributed by atoms with van der Waals surface area (Å²) in [4.78, 5) is 33.3. The summed E-state index contributed by atoms with van der Waals surface area (Å²) in [5.74, 6) is -1.72. The monoisotopic (exact) mass is 300 g/mol. The van der Waals surface area contributed by atoms with Gasteiger partial charge in [-0.05, 0) is 12.3 Å². The van der Waals surface area contributed by atoms with Crippen LogP contribution in [0.5, 0.6) is 0 Å². The van der Waals surface area contributed by atoms with Gasteiger partial charge in [0, 0.05) is 12.2 Å². The van der Waals surface area contributed by atoms with Gasteiger partial charge in [0.05, 0.1) is 13.7 Å². The molecule has 1 unspecified atom stereocenters. The Hall–Kier alpha value is -1.85. The topological polar surface area (TPSA) is 78.9 Å². The van der Waals surface area contributed by atoms with E-state index in [-0.39, 0.29) is 0 Å². The van der Waals surface area contributed by atoms with Gasteiger partial charge in [-0.25, -0.2) is 14.4 Å². The molecular formula is C15H24O6. The Morgan fingerprint density at radius 1 is 1.05 bits per heavy atom. The highest BCUT2D eigenvalue weighted by molar-refractivity contribution is 5.92. The Labute approximate surface area is 125 Å². The minimum Gasteiger partial charge on any atom is -0.466 e. The molecule has 0 saturated carbocycles. The van der Waals surface area contributed by atoms with Gasteiger partial charge in [0.2, 0.25) is 0 Å². The lowest BCUT2D eigenvalue weighted by Gasteiger charge is -2.14. The molecule has 1 atom stereocenters. The molecule has 0 saturated heterocycles. The third-order valence-corrected chi connectivity index (χ3v) is 2.91. The van der Waals surface area contributed by atoms with Crippen molar-refractivity contribution in [1.29, 1.82) is 0 Å². The number of unbranched alkanes of at least 4 members (excludes halogenated alkanes) is 1. The molecule has 21 heavy (non-hydrogen) atoms. The standard InChI is InChI=1S/C15H24O6/c1-4-6-7-12(5-2)10-20-15(18)11-21-14(17)9-8-13(16)19-3/h8-9,12H,4-7,10-11H2,1-3H3/b9-8+. The molecule has 0 aromatic carbocycles. The van der Waals surface area contributed by atoms with Crippen molar-refractivity contribution in [3.05, 3.63) is 12.2 Å². The zero-order valence-electron chi connectivity index (χ0n) is 12.9. The average Bonchev–Trinajstić information content (AvgIpc) is 2.50. The number of ether oxygens (including phenoxy) is 3. The fourth-order valence-corrected chi connectivity index (χ4v) is 1.53. The highest BCUT2D eigenvalue weighted by Gasteiger charge is 2.11. The number of hydrogen-bond donors (Lipinski definition) is 0. The summed E-state index contributed by atoms with van der Waals surface area (Å²) in [5.41, 5.74) is 0. The number of hydrogen-bond acceptors (Lipinski definition) is 6. The van der Waals surface area contributed by atoms with E-state index >= 15 is 0 Å². The minimum absolute atomic E-state index is 0.337. The molecule has 6 heteroatoms. The van der Waals surface area contributed by atoms with E-state index in [9.17, 15) is 14.4 Å². The summed E-state index contributed by atoms with van der Waals surface area (Å²) in [6, 6.07) is 0. The molecular weight excluding hydrogens is 276 g/mol. The van der Waals surface area contributed by atoms with Gasteiger partial charge in [-0.1, -0.05) is 33.1 Å². The van der Waals surface area contributed by atoms with Crippen molar-refractivity contribution in [2.45, 2.75) is 39.5 Å². The van der Waals surface area contributed by atoms with Gasteiger partial charge >= 0.3 is 17.9 Å². The maximum absolute atomic E-state index is 11.4. The maximum atomic E-state index is 11.4. The van der Waals surface area contributed by atoms with E-state index in [0.717, 1.165) is 37.8 Å². The molecule has 0 N–H and O–H groups in total. The summed E-state index contributed by atoms with van der Waals surface area (Å²) in [5, 5.41) is 0. The lowest BCUT2D eigenvalue weighted by atomic mass is 10.0. The fraction of sp³-hybridized carbons (Fsp3) is 0.667. The van der Waals surface area contributed by atoms with Crippen LogP contribution in [0.25, 0.3) is 0 Å². The molecule has 0 bridgehead atoms. The van der Waals surface area contributed by atoms with E-state index in [1.54, 1.807) is 0 Å². The van der Waals surface area contributed by atoms with Crippen molar-refractivity contribution in [2.24, 2.45) is 5.92 Å². The quantitative estimate of drug-likeness (QED) is 0.349. The van der Waals surface area contributed by atoms with Crippen molar-refractivity contribution in [3.63, 3.8) is 0 Å². The average molecular weight is 300 g/mol. The third-order valence-electron chi connectivity index (χ3n) is 2.91. The van der Waals surface area contributed by atoms with E-state index in [1.165, 1.54) is 7.11 Å². The molecule has 0 amide bonds.